The summed E-state index contributed by atoms with van der Waals surface area (Å²) in [6.45, 7) is 2.26. The zero-order valence-corrected chi connectivity index (χ0v) is 14.2. The predicted octanol–water partition coefficient (Wildman–Crippen LogP) is 4.33. The highest BCUT2D eigenvalue weighted by Gasteiger charge is 2.16. The van der Waals surface area contributed by atoms with Gasteiger partial charge in [0.1, 0.15) is 5.75 Å². The van der Waals surface area contributed by atoms with E-state index in [9.17, 15) is 0 Å². The van der Waals surface area contributed by atoms with Crippen LogP contribution in [0.15, 0.2) is 29.4 Å². The fourth-order valence-corrected chi connectivity index (χ4v) is 2.97. The third kappa shape index (κ3) is 5.30. The van der Waals surface area contributed by atoms with Crippen molar-refractivity contribution in [1.82, 2.24) is 5.43 Å². The molecule has 0 heterocycles. The molecule has 1 aliphatic rings. The summed E-state index contributed by atoms with van der Waals surface area (Å²) in [5.41, 5.74) is 5.07. The summed E-state index contributed by atoms with van der Waals surface area (Å²) in [6.07, 6.45) is 7.30. The molecule has 4 nitrogen and oxygen atoms in total. The van der Waals surface area contributed by atoms with E-state index in [0.717, 1.165) is 30.2 Å². The number of thiocarbonyl (C=S) groups is 1. The Morgan fingerprint density at radius 1 is 1.36 bits per heavy atom. The van der Waals surface area contributed by atoms with Crippen molar-refractivity contribution in [3.05, 3.63) is 24.3 Å². The number of nitrogens with zero attached hydrogens (tertiary/aromatic N) is 1. The fraction of sp³-hybridized carbons (Fsp3) is 0.529. The van der Waals surface area contributed by atoms with E-state index in [0.29, 0.717) is 5.11 Å². The second kappa shape index (κ2) is 8.73. The van der Waals surface area contributed by atoms with Gasteiger partial charge >= 0.3 is 0 Å². The first-order valence-electron chi connectivity index (χ1n) is 7.97. The molecule has 0 amide bonds. The van der Waals surface area contributed by atoms with Crippen LogP contribution in [-0.2, 0) is 0 Å². The maximum Gasteiger partial charge on any atom is 0.191 e. The zero-order chi connectivity index (χ0) is 15.8. The Labute approximate surface area is 138 Å². The van der Waals surface area contributed by atoms with Crippen molar-refractivity contribution >= 4 is 28.7 Å². The van der Waals surface area contributed by atoms with Crippen molar-refractivity contribution in [1.29, 1.82) is 0 Å². The highest BCUT2D eigenvalue weighted by Crippen LogP contribution is 2.25. The molecule has 0 atom stereocenters. The van der Waals surface area contributed by atoms with Gasteiger partial charge in [-0.3, -0.25) is 5.43 Å². The van der Waals surface area contributed by atoms with Crippen molar-refractivity contribution in [3.63, 3.8) is 0 Å². The summed E-state index contributed by atoms with van der Waals surface area (Å²) in [5.74, 6) is 1.68. The standard InChI is InChI=1S/C17H25N3OS/c1-3-5-13-8-10-14(11-9-13)19-20-17(22)18-15-6-4-7-16(12-15)21-2/h4,6-7,12-13H,3,5,8-11H2,1-2H3,(H2,18,20,22). The molecule has 120 valence electrons. The molecule has 0 unspecified atom stereocenters. The number of hydrogen-bond acceptors (Lipinski definition) is 3. The van der Waals surface area contributed by atoms with Gasteiger partial charge in [-0.15, -0.1) is 0 Å². The van der Waals surface area contributed by atoms with Crippen molar-refractivity contribution in [2.75, 3.05) is 12.4 Å². The number of ether oxygens (including phenoxy) is 1. The average molecular weight is 319 g/mol. The Bertz CT molecular complexity index is 520. The van der Waals surface area contributed by atoms with Gasteiger partial charge in [0.15, 0.2) is 5.11 Å². The average Bonchev–Trinajstić information content (AvgIpc) is 2.55. The second-order valence-corrected chi connectivity index (χ2v) is 6.12. The molecule has 0 bridgehead atoms. The first-order chi connectivity index (χ1) is 10.7. The van der Waals surface area contributed by atoms with Crippen LogP contribution in [0, 0.1) is 5.92 Å². The Morgan fingerprint density at radius 3 is 2.82 bits per heavy atom. The van der Waals surface area contributed by atoms with Gasteiger partial charge in [0, 0.05) is 17.5 Å². The quantitative estimate of drug-likeness (QED) is 0.626. The number of methoxy groups -OCH3 is 1. The Hall–Kier alpha value is -1.62. The van der Waals surface area contributed by atoms with Crippen LogP contribution in [0.25, 0.3) is 0 Å². The van der Waals surface area contributed by atoms with Crippen LogP contribution in [0.5, 0.6) is 5.75 Å². The van der Waals surface area contributed by atoms with Crippen LogP contribution in [0.3, 0.4) is 0 Å². The van der Waals surface area contributed by atoms with Gasteiger partial charge in [0.05, 0.1) is 7.11 Å². The van der Waals surface area contributed by atoms with Crippen molar-refractivity contribution in [2.45, 2.75) is 45.4 Å². The first-order valence-corrected chi connectivity index (χ1v) is 8.38. The third-order valence-electron chi connectivity index (χ3n) is 4.02. The van der Waals surface area contributed by atoms with Gasteiger partial charge in [-0.2, -0.15) is 5.10 Å². The molecule has 5 heteroatoms. The Balaban J connectivity index is 1.79. The summed E-state index contributed by atoms with van der Waals surface area (Å²) in [5, 5.41) is 8.08. The molecule has 0 saturated heterocycles. The lowest BCUT2D eigenvalue weighted by Crippen LogP contribution is -2.26. The minimum absolute atomic E-state index is 0.511. The lowest BCUT2D eigenvalue weighted by molar-refractivity contribution is 0.408. The van der Waals surface area contributed by atoms with Crippen molar-refractivity contribution in [3.8, 4) is 5.75 Å². The topological polar surface area (TPSA) is 45.7 Å². The summed E-state index contributed by atoms with van der Waals surface area (Å²) in [7, 11) is 1.65. The SMILES string of the molecule is CCCC1CCC(=NNC(=S)Nc2cccc(OC)c2)CC1. The first kappa shape index (κ1) is 16.7. The minimum atomic E-state index is 0.511. The number of benzene rings is 1. The number of anilines is 1. The van der Waals surface area contributed by atoms with Crippen LogP contribution in [-0.4, -0.2) is 17.9 Å². The molecule has 0 aliphatic heterocycles. The van der Waals surface area contributed by atoms with E-state index in [1.165, 1.54) is 31.4 Å². The second-order valence-electron chi connectivity index (χ2n) is 5.71. The lowest BCUT2D eigenvalue weighted by atomic mass is 9.85. The Kier molecular flexibility index (Phi) is 6.65. The Morgan fingerprint density at radius 2 is 2.14 bits per heavy atom. The van der Waals surface area contributed by atoms with Gasteiger partial charge in [0.2, 0.25) is 0 Å². The minimum Gasteiger partial charge on any atom is -0.497 e. The van der Waals surface area contributed by atoms with E-state index in [-0.39, 0.29) is 0 Å². The molecule has 2 N–H and O–H groups in total. The van der Waals surface area contributed by atoms with Crippen LogP contribution >= 0.6 is 12.2 Å². The van der Waals surface area contributed by atoms with Gasteiger partial charge in [-0.1, -0.05) is 25.8 Å². The number of nitrogens with one attached hydrogen (secondary N) is 2. The maximum atomic E-state index is 5.28. The van der Waals surface area contributed by atoms with Gasteiger partial charge in [0.25, 0.3) is 0 Å². The number of hydrazone groups is 1. The fourth-order valence-electron chi connectivity index (χ4n) is 2.81. The molecule has 1 aromatic carbocycles. The van der Waals surface area contributed by atoms with Crippen LogP contribution in [0.1, 0.15) is 45.4 Å². The maximum absolute atomic E-state index is 5.28. The van der Waals surface area contributed by atoms with Crippen LogP contribution in [0.2, 0.25) is 0 Å². The van der Waals surface area contributed by atoms with E-state index in [1.54, 1.807) is 7.11 Å². The highest BCUT2D eigenvalue weighted by atomic mass is 32.1. The summed E-state index contributed by atoms with van der Waals surface area (Å²) in [6, 6.07) is 7.66. The largest absolute Gasteiger partial charge is 0.497 e. The van der Waals surface area contributed by atoms with Gasteiger partial charge < -0.3 is 10.1 Å². The molecule has 1 fully saturated rings. The highest BCUT2D eigenvalue weighted by molar-refractivity contribution is 7.80. The van der Waals surface area contributed by atoms with E-state index in [1.807, 2.05) is 24.3 Å². The van der Waals surface area contributed by atoms with Crippen LogP contribution < -0.4 is 15.5 Å². The van der Waals surface area contributed by atoms with Crippen molar-refractivity contribution < 1.29 is 4.74 Å². The molecule has 0 aromatic heterocycles. The summed E-state index contributed by atoms with van der Waals surface area (Å²) < 4.78 is 5.19. The number of rotatable bonds is 5. The third-order valence-corrected chi connectivity index (χ3v) is 4.22. The van der Waals surface area contributed by atoms with E-state index in [4.69, 9.17) is 17.0 Å². The van der Waals surface area contributed by atoms with E-state index < -0.39 is 0 Å². The molecule has 2 rings (SSSR count). The normalized spacial score (nSPS) is 17.7. The summed E-state index contributed by atoms with van der Waals surface area (Å²) in [4.78, 5) is 0. The molecule has 0 radical (unpaired) electrons. The molecule has 22 heavy (non-hydrogen) atoms. The molecule has 1 saturated carbocycles. The smallest absolute Gasteiger partial charge is 0.191 e. The van der Waals surface area contributed by atoms with Crippen LogP contribution in [0.4, 0.5) is 5.69 Å². The molecule has 1 aliphatic carbocycles. The monoisotopic (exact) mass is 319 g/mol. The molecule has 1 aromatic rings. The number of hydrogen-bond donors (Lipinski definition) is 2. The van der Waals surface area contributed by atoms with E-state index >= 15 is 0 Å². The molecule has 0 spiro atoms. The van der Waals surface area contributed by atoms with Crippen molar-refractivity contribution in [2.24, 2.45) is 11.0 Å². The van der Waals surface area contributed by atoms with Gasteiger partial charge in [-0.05, 0) is 56.0 Å². The molecular formula is C17H25N3OS. The van der Waals surface area contributed by atoms with E-state index in [2.05, 4.69) is 22.8 Å². The van der Waals surface area contributed by atoms with Gasteiger partial charge in [-0.25, -0.2) is 0 Å². The molecular weight excluding hydrogens is 294 g/mol. The lowest BCUT2D eigenvalue weighted by Gasteiger charge is -2.22. The summed E-state index contributed by atoms with van der Waals surface area (Å²) >= 11 is 5.28. The zero-order valence-electron chi connectivity index (χ0n) is 13.4. The predicted molar refractivity (Wildman–Crippen MR) is 96.7 cm³/mol.